The molecule has 0 fully saturated rings. The SMILES string of the molecule is CCC(CC)CN[C@@H](C)c1ccc(OC)cc1. The first-order chi connectivity index (χ1) is 8.21. The van der Waals surface area contributed by atoms with Gasteiger partial charge in [-0.1, -0.05) is 38.8 Å². The predicted molar refractivity (Wildman–Crippen MR) is 73.5 cm³/mol. The van der Waals surface area contributed by atoms with E-state index >= 15 is 0 Å². The molecule has 2 heteroatoms. The van der Waals surface area contributed by atoms with Crippen molar-refractivity contribution < 1.29 is 4.74 Å². The van der Waals surface area contributed by atoms with Crippen molar-refractivity contribution >= 4 is 0 Å². The molecule has 0 bridgehead atoms. The quantitative estimate of drug-likeness (QED) is 0.776. The lowest BCUT2D eigenvalue weighted by Gasteiger charge is -2.19. The molecule has 1 aromatic rings. The largest absolute Gasteiger partial charge is 0.497 e. The maximum atomic E-state index is 5.16. The molecule has 1 N–H and O–H groups in total. The van der Waals surface area contributed by atoms with Crippen LogP contribution in [0.3, 0.4) is 0 Å². The molecule has 0 unspecified atom stereocenters. The van der Waals surface area contributed by atoms with E-state index in [0.717, 1.165) is 18.2 Å². The summed E-state index contributed by atoms with van der Waals surface area (Å²) in [6, 6.07) is 8.70. The Labute approximate surface area is 105 Å². The Morgan fingerprint density at radius 3 is 2.18 bits per heavy atom. The maximum Gasteiger partial charge on any atom is 0.118 e. The van der Waals surface area contributed by atoms with E-state index in [1.165, 1.54) is 18.4 Å². The number of ether oxygens (including phenoxy) is 1. The monoisotopic (exact) mass is 235 g/mol. The van der Waals surface area contributed by atoms with Gasteiger partial charge in [-0.05, 0) is 37.1 Å². The van der Waals surface area contributed by atoms with Crippen molar-refractivity contribution in [3.8, 4) is 5.75 Å². The molecule has 2 nitrogen and oxygen atoms in total. The third kappa shape index (κ3) is 4.39. The van der Waals surface area contributed by atoms with Gasteiger partial charge in [-0.25, -0.2) is 0 Å². The fraction of sp³-hybridized carbons (Fsp3) is 0.600. The molecule has 1 aromatic carbocycles. The van der Waals surface area contributed by atoms with Crippen molar-refractivity contribution in [3.05, 3.63) is 29.8 Å². The molecule has 0 amide bonds. The molecule has 0 saturated carbocycles. The van der Waals surface area contributed by atoms with Crippen LogP contribution in [0.1, 0.15) is 45.2 Å². The van der Waals surface area contributed by atoms with Crippen molar-refractivity contribution in [2.75, 3.05) is 13.7 Å². The number of benzene rings is 1. The smallest absolute Gasteiger partial charge is 0.118 e. The highest BCUT2D eigenvalue weighted by Gasteiger charge is 2.08. The molecule has 0 spiro atoms. The molecular weight excluding hydrogens is 210 g/mol. The summed E-state index contributed by atoms with van der Waals surface area (Å²) in [7, 11) is 1.70. The molecule has 0 heterocycles. The number of hydrogen-bond acceptors (Lipinski definition) is 2. The number of methoxy groups -OCH3 is 1. The molecule has 0 radical (unpaired) electrons. The highest BCUT2D eigenvalue weighted by Crippen LogP contribution is 2.18. The van der Waals surface area contributed by atoms with E-state index < -0.39 is 0 Å². The van der Waals surface area contributed by atoms with Gasteiger partial charge in [0.25, 0.3) is 0 Å². The first-order valence-electron chi connectivity index (χ1n) is 6.58. The predicted octanol–water partition coefficient (Wildman–Crippen LogP) is 3.78. The van der Waals surface area contributed by atoms with Crippen molar-refractivity contribution in [2.24, 2.45) is 5.92 Å². The fourth-order valence-corrected chi connectivity index (χ4v) is 1.93. The van der Waals surface area contributed by atoms with Crippen LogP contribution in [-0.4, -0.2) is 13.7 Å². The third-order valence-electron chi connectivity index (χ3n) is 3.48. The van der Waals surface area contributed by atoms with Gasteiger partial charge < -0.3 is 10.1 Å². The van der Waals surface area contributed by atoms with Gasteiger partial charge in [-0.3, -0.25) is 0 Å². The van der Waals surface area contributed by atoms with E-state index in [9.17, 15) is 0 Å². The Hall–Kier alpha value is -1.02. The second kappa shape index (κ2) is 7.33. The number of nitrogens with one attached hydrogen (secondary N) is 1. The molecular formula is C15H25NO. The van der Waals surface area contributed by atoms with Crippen LogP contribution in [-0.2, 0) is 0 Å². The highest BCUT2D eigenvalue weighted by atomic mass is 16.5. The lowest BCUT2D eigenvalue weighted by molar-refractivity contribution is 0.412. The van der Waals surface area contributed by atoms with Crippen LogP contribution < -0.4 is 10.1 Å². The fourth-order valence-electron chi connectivity index (χ4n) is 1.93. The number of rotatable bonds is 7. The van der Waals surface area contributed by atoms with Crippen LogP contribution in [0.25, 0.3) is 0 Å². The van der Waals surface area contributed by atoms with Crippen LogP contribution in [0.2, 0.25) is 0 Å². The first kappa shape index (κ1) is 14.0. The third-order valence-corrected chi connectivity index (χ3v) is 3.48. The average molecular weight is 235 g/mol. The zero-order valence-corrected chi connectivity index (χ0v) is 11.5. The van der Waals surface area contributed by atoms with Gasteiger partial charge in [-0.2, -0.15) is 0 Å². The van der Waals surface area contributed by atoms with Gasteiger partial charge >= 0.3 is 0 Å². The zero-order chi connectivity index (χ0) is 12.7. The normalized spacial score (nSPS) is 12.8. The molecule has 0 aliphatic rings. The maximum absolute atomic E-state index is 5.16. The Balaban J connectivity index is 2.48. The molecule has 0 aliphatic heterocycles. The summed E-state index contributed by atoms with van der Waals surface area (Å²) in [5, 5.41) is 3.60. The number of hydrogen-bond donors (Lipinski definition) is 1. The second-order valence-electron chi connectivity index (χ2n) is 4.59. The van der Waals surface area contributed by atoms with Crippen molar-refractivity contribution in [2.45, 2.75) is 39.7 Å². The second-order valence-corrected chi connectivity index (χ2v) is 4.59. The minimum Gasteiger partial charge on any atom is -0.497 e. The summed E-state index contributed by atoms with van der Waals surface area (Å²) in [4.78, 5) is 0. The topological polar surface area (TPSA) is 21.3 Å². The van der Waals surface area contributed by atoms with Gasteiger partial charge in [-0.15, -0.1) is 0 Å². The van der Waals surface area contributed by atoms with E-state index in [1.807, 2.05) is 12.1 Å². The molecule has 17 heavy (non-hydrogen) atoms. The van der Waals surface area contributed by atoms with Crippen LogP contribution in [0.5, 0.6) is 5.75 Å². The van der Waals surface area contributed by atoms with E-state index in [-0.39, 0.29) is 0 Å². The average Bonchev–Trinajstić information content (AvgIpc) is 2.39. The lowest BCUT2D eigenvalue weighted by atomic mass is 10.0. The standard InChI is InChI=1S/C15H25NO/c1-5-13(6-2)11-16-12(3)14-7-9-15(17-4)10-8-14/h7-10,12-13,16H,5-6,11H2,1-4H3/t12-/m0/s1. The van der Waals surface area contributed by atoms with Gasteiger partial charge in [0, 0.05) is 6.04 Å². The summed E-state index contributed by atoms with van der Waals surface area (Å²) in [6.07, 6.45) is 2.50. The van der Waals surface area contributed by atoms with Gasteiger partial charge in [0.15, 0.2) is 0 Å². The Morgan fingerprint density at radius 2 is 1.71 bits per heavy atom. The van der Waals surface area contributed by atoms with Gasteiger partial charge in [0.2, 0.25) is 0 Å². The molecule has 1 atom stereocenters. The molecule has 0 aromatic heterocycles. The zero-order valence-electron chi connectivity index (χ0n) is 11.5. The first-order valence-corrected chi connectivity index (χ1v) is 6.58. The van der Waals surface area contributed by atoms with Crippen LogP contribution >= 0.6 is 0 Å². The summed E-state index contributed by atoms with van der Waals surface area (Å²) >= 11 is 0. The lowest BCUT2D eigenvalue weighted by Crippen LogP contribution is -2.25. The van der Waals surface area contributed by atoms with Crippen molar-refractivity contribution in [1.29, 1.82) is 0 Å². The van der Waals surface area contributed by atoms with Crippen LogP contribution in [0, 0.1) is 5.92 Å². The Morgan fingerprint density at radius 1 is 1.12 bits per heavy atom. The van der Waals surface area contributed by atoms with Gasteiger partial charge in [0.1, 0.15) is 5.75 Å². The van der Waals surface area contributed by atoms with Crippen LogP contribution in [0.4, 0.5) is 0 Å². The minimum absolute atomic E-state index is 0.404. The highest BCUT2D eigenvalue weighted by molar-refractivity contribution is 5.28. The van der Waals surface area contributed by atoms with Crippen molar-refractivity contribution in [1.82, 2.24) is 5.32 Å². The van der Waals surface area contributed by atoms with Crippen molar-refractivity contribution in [3.63, 3.8) is 0 Å². The summed E-state index contributed by atoms with van der Waals surface area (Å²) in [6.45, 7) is 7.83. The minimum atomic E-state index is 0.404. The van der Waals surface area contributed by atoms with E-state index in [4.69, 9.17) is 4.74 Å². The Bertz CT molecular complexity index is 303. The van der Waals surface area contributed by atoms with Crippen LogP contribution in [0.15, 0.2) is 24.3 Å². The molecule has 0 aliphatic carbocycles. The summed E-state index contributed by atoms with van der Waals surface area (Å²) < 4.78 is 5.16. The van der Waals surface area contributed by atoms with Gasteiger partial charge in [0.05, 0.1) is 7.11 Å². The molecule has 96 valence electrons. The summed E-state index contributed by atoms with van der Waals surface area (Å²) in [5.74, 6) is 1.71. The van der Waals surface area contributed by atoms with E-state index in [0.29, 0.717) is 6.04 Å². The molecule has 1 rings (SSSR count). The van der Waals surface area contributed by atoms with E-state index in [2.05, 4.69) is 38.2 Å². The molecule has 0 saturated heterocycles. The Kier molecular flexibility index (Phi) is 6.06. The summed E-state index contributed by atoms with van der Waals surface area (Å²) in [5.41, 5.74) is 1.32. The van der Waals surface area contributed by atoms with E-state index in [1.54, 1.807) is 7.11 Å².